The van der Waals surface area contributed by atoms with E-state index in [1.54, 1.807) is 30.3 Å². The van der Waals surface area contributed by atoms with E-state index in [1.165, 1.54) is 18.2 Å². The highest BCUT2D eigenvalue weighted by atomic mass is 35.5. The van der Waals surface area contributed by atoms with Gasteiger partial charge in [-0.3, -0.25) is 4.79 Å². The molecule has 9 heteroatoms. The topological polar surface area (TPSA) is 83.3 Å². The highest BCUT2D eigenvalue weighted by Crippen LogP contribution is 2.22. The number of hydrogen-bond donors (Lipinski definition) is 2. The lowest BCUT2D eigenvalue weighted by Gasteiger charge is -2.08. The van der Waals surface area contributed by atoms with Crippen LogP contribution < -0.4 is 10.6 Å². The number of nitrogens with zero attached hydrogens (tertiary/aromatic N) is 3. The van der Waals surface area contributed by atoms with Crippen LogP contribution >= 0.6 is 12.4 Å². The van der Waals surface area contributed by atoms with Gasteiger partial charge in [0, 0.05) is 17.8 Å². The van der Waals surface area contributed by atoms with Gasteiger partial charge in [0.2, 0.25) is 5.89 Å². The quantitative estimate of drug-likeness (QED) is 0.538. The highest BCUT2D eigenvalue weighted by molar-refractivity contribution is 6.04. The molecule has 0 radical (unpaired) electrons. The van der Waals surface area contributed by atoms with Crippen LogP contribution in [0.25, 0.3) is 11.5 Å². The molecule has 0 spiro atoms. The molecular formula is C20H23ClFN5O2. The summed E-state index contributed by atoms with van der Waals surface area (Å²) in [4.78, 5) is 14.3. The van der Waals surface area contributed by atoms with Gasteiger partial charge in [-0.2, -0.15) is 0 Å². The molecule has 3 rings (SSSR count). The maximum Gasteiger partial charge on any atom is 0.315 e. The molecule has 7 nitrogen and oxygen atoms in total. The lowest BCUT2D eigenvalue weighted by atomic mass is 10.1. The third kappa shape index (κ3) is 6.27. The van der Waals surface area contributed by atoms with Crippen LogP contribution in [0, 0.1) is 5.82 Å². The van der Waals surface area contributed by atoms with E-state index in [2.05, 4.69) is 25.7 Å². The predicted octanol–water partition coefficient (Wildman–Crippen LogP) is 3.91. The molecule has 0 aliphatic rings. The van der Waals surface area contributed by atoms with Gasteiger partial charge < -0.3 is 20.0 Å². The van der Waals surface area contributed by atoms with E-state index in [-0.39, 0.29) is 18.0 Å². The summed E-state index contributed by atoms with van der Waals surface area (Å²) in [5.74, 6) is -0.692. The van der Waals surface area contributed by atoms with Gasteiger partial charge in [0.25, 0.3) is 5.91 Å². The predicted molar refractivity (Wildman–Crippen MR) is 113 cm³/mol. The standard InChI is InChI=1S/C20H22FN5O2.ClH/c1-26(2)13-5-12-22-20-25-24-19(28-20)14-8-10-15(11-9-14)23-18(27)16-6-3-4-7-17(16)21;/h3-4,6-11H,5,12-13H2,1-2H3,(H,22,25)(H,23,27);1H. The number of benzene rings is 2. The lowest BCUT2D eigenvalue weighted by molar-refractivity contribution is 0.102. The number of carbonyl (C=O) groups excluding carboxylic acids is 1. The molecule has 0 unspecified atom stereocenters. The second-order valence-corrected chi connectivity index (χ2v) is 6.51. The number of aromatic nitrogens is 2. The van der Waals surface area contributed by atoms with Crippen LogP contribution in [0.2, 0.25) is 0 Å². The first kappa shape index (κ1) is 22.3. The molecule has 0 aliphatic carbocycles. The maximum absolute atomic E-state index is 13.7. The normalized spacial score (nSPS) is 10.5. The molecule has 0 bridgehead atoms. The Morgan fingerprint density at radius 3 is 2.52 bits per heavy atom. The number of anilines is 2. The van der Waals surface area contributed by atoms with Crippen LogP contribution in [0.15, 0.2) is 52.9 Å². The summed E-state index contributed by atoms with van der Waals surface area (Å²) in [7, 11) is 4.04. The van der Waals surface area contributed by atoms with Crippen LogP contribution in [0.1, 0.15) is 16.8 Å². The zero-order chi connectivity index (χ0) is 19.9. The second-order valence-electron chi connectivity index (χ2n) is 6.51. The lowest BCUT2D eigenvalue weighted by Crippen LogP contribution is -2.16. The summed E-state index contributed by atoms with van der Waals surface area (Å²) < 4.78 is 19.3. The van der Waals surface area contributed by atoms with Crippen LogP contribution in [-0.4, -0.2) is 48.2 Å². The molecule has 0 aliphatic heterocycles. The Kier molecular flexibility index (Phi) is 8.11. The van der Waals surface area contributed by atoms with Gasteiger partial charge in [0.05, 0.1) is 5.56 Å². The van der Waals surface area contributed by atoms with Gasteiger partial charge in [-0.05, 0) is 63.5 Å². The number of nitrogens with one attached hydrogen (secondary N) is 2. The summed E-state index contributed by atoms with van der Waals surface area (Å²) in [5.41, 5.74) is 1.25. The Labute approximate surface area is 174 Å². The van der Waals surface area contributed by atoms with Crippen molar-refractivity contribution >= 4 is 30.0 Å². The van der Waals surface area contributed by atoms with Crippen molar-refractivity contribution in [3.63, 3.8) is 0 Å². The van der Waals surface area contributed by atoms with Crippen LogP contribution in [0.4, 0.5) is 16.1 Å². The first-order valence-electron chi connectivity index (χ1n) is 8.91. The zero-order valence-electron chi connectivity index (χ0n) is 16.2. The van der Waals surface area contributed by atoms with Gasteiger partial charge in [-0.25, -0.2) is 4.39 Å². The van der Waals surface area contributed by atoms with Gasteiger partial charge in [0.15, 0.2) is 0 Å². The minimum atomic E-state index is -0.562. The van der Waals surface area contributed by atoms with Crippen molar-refractivity contribution < 1.29 is 13.6 Å². The molecule has 1 aromatic heterocycles. The van der Waals surface area contributed by atoms with E-state index in [0.29, 0.717) is 17.6 Å². The molecular weight excluding hydrogens is 397 g/mol. The van der Waals surface area contributed by atoms with Crippen molar-refractivity contribution in [2.24, 2.45) is 0 Å². The third-order valence-electron chi connectivity index (χ3n) is 3.99. The Bertz CT molecular complexity index is 931. The van der Waals surface area contributed by atoms with Gasteiger partial charge in [0.1, 0.15) is 5.82 Å². The molecule has 29 heavy (non-hydrogen) atoms. The van der Waals surface area contributed by atoms with E-state index in [4.69, 9.17) is 4.42 Å². The van der Waals surface area contributed by atoms with Gasteiger partial charge in [-0.1, -0.05) is 17.2 Å². The first-order valence-corrected chi connectivity index (χ1v) is 8.91. The number of amides is 1. The Balaban J connectivity index is 0.00000300. The molecule has 2 aromatic carbocycles. The van der Waals surface area contributed by atoms with Crippen molar-refractivity contribution in [1.82, 2.24) is 15.1 Å². The smallest absolute Gasteiger partial charge is 0.315 e. The monoisotopic (exact) mass is 419 g/mol. The van der Waals surface area contributed by atoms with E-state index in [9.17, 15) is 9.18 Å². The van der Waals surface area contributed by atoms with Crippen molar-refractivity contribution in [3.8, 4) is 11.5 Å². The Morgan fingerprint density at radius 1 is 1.10 bits per heavy atom. The number of hydrogen-bond acceptors (Lipinski definition) is 6. The molecule has 3 aromatic rings. The van der Waals surface area contributed by atoms with Crippen molar-refractivity contribution in [1.29, 1.82) is 0 Å². The van der Waals surface area contributed by atoms with Crippen LogP contribution in [-0.2, 0) is 0 Å². The van der Waals surface area contributed by atoms with Gasteiger partial charge >= 0.3 is 6.01 Å². The summed E-state index contributed by atoms with van der Waals surface area (Å²) in [6.45, 7) is 1.70. The molecule has 0 fully saturated rings. The molecule has 2 N–H and O–H groups in total. The van der Waals surface area contributed by atoms with Crippen molar-refractivity contribution in [2.75, 3.05) is 37.8 Å². The van der Waals surface area contributed by atoms with Gasteiger partial charge in [-0.15, -0.1) is 17.5 Å². The largest absolute Gasteiger partial charge is 0.403 e. The second kappa shape index (κ2) is 10.5. The molecule has 0 saturated heterocycles. The number of halogens is 2. The molecule has 1 amide bonds. The third-order valence-corrected chi connectivity index (χ3v) is 3.99. The fourth-order valence-electron chi connectivity index (χ4n) is 2.54. The minimum absolute atomic E-state index is 0. The summed E-state index contributed by atoms with van der Waals surface area (Å²) in [5, 5.41) is 13.8. The first-order chi connectivity index (χ1) is 13.5. The Morgan fingerprint density at radius 2 is 1.83 bits per heavy atom. The van der Waals surface area contributed by atoms with Crippen LogP contribution in [0.5, 0.6) is 0 Å². The zero-order valence-corrected chi connectivity index (χ0v) is 17.0. The average Bonchev–Trinajstić information content (AvgIpc) is 3.15. The van der Waals surface area contributed by atoms with E-state index >= 15 is 0 Å². The minimum Gasteiger partial charge on any atom is -0.403 e. The van der Waals surface area contributed by atoms with E-state index < -0.39 is 11.7 Å². The highest BCUT2D eigenvalue weighted by Gasteiger charge is 2.12. The number of carbonyl (C=O) groups is 1. The fraction of sp³-hybridized carbons (Fsp3) is 0.250. The summed E-state index contributed by atoms with van der Waals surface area (Å²) in [6, 6.07) is 13.1. The summed E-state index contributed by atoms with van der Waals surface area (Å²) >= 11 is 0. The van der Waals surface area contributed by atoms with Crippen LogP contribution in [0.3, 0.4) is 0 Å². The maximum atomic E-state index is 13.7. The summed E-state index contributed by atoms with van der Waals surface area (Å²) in [6.07, 6.45) is 0.959. The van der Waals surface area contributed by atoms with E-state index in [0.717, 1.165) is 25.1 Å². The molecule has 1 heterocycles. The van der Waals surface area contributed by atoms with Crippen molar-refractivity contribution in [3.05, 3.63) is 59.9 Å². The Hall–Kier alpha value is -2.97. The van der Waals surface area contributed by atoms with Crippen molar-refractivity contribution in [2.45, 2.75) is 6.42 Å². The SMILES string of the molecule is CN(C)CCCNc1nnc(-c2ccc(NC(=O)c3ccccc3F)cc2)o1.Cl. The van der Waals surface area contributed by atoms with E-state index in [1.807, 2.05) is 14.1 Å². The fourth-order valence-corrected chi connectivity index (χ4v) is 2.54. The average molecular weight is 420 g/mol. The molecule has 0 atom stereocenters. The molecule has 154 valence electrons. The number of rotatable bonds is 8. The molecule has 0 saturated carbocycles.